The number of hydrogen-bond acceptors (Lipinski definition) is 6. The Morgan fingerprint density at radius 1 is 1.10 bits per heavy atom. The Balaban J connectivity index is 1.59. The molecule has 1 aromatic heterocycles. The molecular weight excluding hydrogens is 398 g/mol. The zero-order valence-electron chi connectivity index (χ0n) is 15.5. The van der Waals surface area contributed by atoms with Gasteiger partial charge in [0.1, 0.15) is 5.75 Å². The highest BCUT2D eigenvalue weighted by Crippen LogP contribution is 2.28. The van der Waals surface area contributed by atoms with Crippen molar-refractivity contribution < 1.29 is 22.7 Å². The van der Waals surface area contributed by atoms with E-state index in [1.165, 1.54) is 28.7 Å². The topological polar surface area (TPSA) is 115 Å². The van der Waals surface area contributed by atoms with Gasteiger partial charge in [-0.3, -0.25) is 14.4 Å². The molecule has 0 unspecified atom stereocenters. The molecule has 0 bridgehead atoms. The molecule has 0 aliphatic carbocycles. The molecule has 1 saturated heterocycles. The monoisotopic (exact) mass is 417 g/mol. The molecular formula is C19H19N3O6S. The van der Waals surface area contributed by atoms with Crippen LogP contribution >= 0.6 is 0 Å². The first-order valence-electron chi connectivity index (χ1n) is 9.15. The third kappa shape index (κ3) is 3.81. The number of fused-ring (bicyclic) bond motifs is 1. The highest BCUT2D eigenvalue weighted by Gasteiger charge is 2.28. The van der Waals surface area contributed by atoms with E-state index >= 15 is 0 Å². The summed E-state index contributed by atoms with van der Waals surface area (Å²) in [6.07, 6.45) is 2.81. The molecule has 4 rings (SSSR count). The molecule has 2 aliphatic rings. The van der Waals surface area contributed by atoms with E-state index in [-0.39, 0.29) is 29.5 Å². The molecule has 0 spiro atoms. The molecule has 0 saturated carbocycles. The molecule has 3 heterocycles. The van der Waals surface area contributed by atoms with Gasteiger partial charge in [0.15, 0.2) is 12.4 Å². The molecule has 9 nitrogen and oxygen atoms in total. The van der Waals surface area contributed by atoms with Gasteiger partial charge in [0, 0.05) is 30.9 Å². The van der Waals surface area contributed by atoms with Crippen molar-refractivity contribution in [3.63, 3.8) is 0 Å². The highest BCUT2D eigenvalue weighted by molar-refractivity contribution is 7.89. The number of carbonyl (C=O) groups excluding carboxylic acids is 2. The minimum Gasteiger partial charge on any atom is -0.482 e. The fourth-order valence-corrected chi connectivity index (χ4v) is 4.90. The summed E-state index contributed by atoms with van der Waals surface area (Å²) in [6.45, 7) is 0.483. The largest absolute Gasteiger partial charge is 0.482 e. The first-order chi connectivity index (χ1) is 13.8. The minimum atomic E-state index is -3.70. The maximum absolute atomic E-state index is 12.7. The molecule has 0 radical (unpaired) electrons. The first kappa shape index (κ1) is 19.3. The van der Waals surface area contributed by atoms with Gasteiger partial charge in [0.2, 0.25) is 10.0 Å². The van der Waals surface area contributed by atoms with Gasteiger partial charge in [-0.05, 0) is 37.1 Å². The van der Waals surface area contributed by atoms with Gasteiger partial charge in [-0.1, -0.05) is 0 Å². The van der Waals surface area contributed by atoms with Gasteiger partial charge in [0.05, 0.1) is 17.1 Å². The second-order valence-corrected chi connectivity index (χ2v) is 8.85. The Kier molecular flexibility index (Phi) is 4.97. The van der Waals surface area contributed by atoms with Crippen molar-refractivity contribution in [2.24, 2.45) is 0 Å². The second kappa shape index (κ2) is 7.45. The van der Waals surface area contributed by atoms with Crippen LogP contribution in [0, 0.1) is 0 Å². The van der Waals surface area contributed by atoms with Gasteiger partial charge < -0.3 is 14.6 Å². The van der Waals surface area contributed by atoms with Crippen molar-refractivity contribution in [2.45, 2.75) is 24.3 Å². The van der Waals surface area contributed by atoms with Crippen LogP contribution in [0.1, 0.15) is 23.2 Å². The Labute approximate surface area is 166 Å². The van der Waals surface area contributed by atoms with E-state index in [0.29, 0.717) is 24.5 Å². The van der Waals surface area contributed by atoms with Crippen molar-refractivity contribution in [1.82, 2.24) is 8.87 Å². The number of amides is 1. The summed E-state index contributed by atoms with van der Waals surface area (Å²) in [7, 11) is -3.70. The molecule has 1 fully saturated rings. The fourth-order valence-electron chi connectivity index (χ4n) is 3.37. The number of nitrogens with zero attached hydrogens (tertiary/aromatic N) is 2. The van der Waals surface area contributed by atoms with Crippen LogP contribution in [0.3, 0.4) is 0 Å². The van der Waals surface area contributed by atoms with Gasteiger partial charge >= 0.3 is 0 Å². The molecule has 10 heteroatoms. The quantitative estimate of drug-likeness (QED) is 0.721. The number of nitrogens with one attached hydrogen (secondary N) is 1. The standard InChI is InChI=1S/C19H19N3O6S/c23-16(13-3-5-17-15(9-13)20-18(24)12-28-17)11-21-10-14(4-6-19(21)25)29(26,27)22-7-1-2-8-22/h3-6,9-10H,1-2,7-8,11-12H2,(H,20,24). The first-order valence-corrected chi connectivity index (χ1v) is 10.6. The van der Waals surface area contributed by atoms with E-state index in [1.807, 2.05) is 0 Å². The number of Topliss-reactive ketones (excluding diaryl/α,β-unsaturated/α-hetero) is 1. The molecule has 0 atom stereocenters. The van der Waals surface area contributed by atoms with Gasteiger partial charge in [-0.2, -0.15) is 4.31 Å². The maximum atomic E-state index is 12.7. The number of ether oxygens (including phenoxy) is 1. The summed E-state index contributed by atoms with van der Waals surface area (Å²) in [4.78, 5) is 36.3. The summed E-state index contributed by atoms with van der Waals surface area (Å²) < 4.78 is 33.2. The number of anilines is 1. The number of ketones is 1. The van der Waals surface area contributed by atoms with E-state index in [9.17, 15) is 22.8 Å². The van der Waals surface area contributed by atoms with E-state index in [4.69, 9.17) is 4.74 Å². The van der Waals surface area contributed by atoms with Crippen LogP contribution in [0.25, 0.3) is 0 Å². The van der Waals surface area contributed by atoms with E-state index in [2.05, 4.69) is 5.32 Å². The fraction of sp³-hybridized carbons (Fsp3) is 0.316. The highest BCUT2D eigenvalue weighted by atomic mass is 32.2. The summed E-state index contributed by atoms with van der Waals surface area (Å²) in [5.74, 6) is -0.263. The number of sulfonamides is 1. The average molecular weight is 417 g/mol. The van der Waals surface area contributed by atoms with Crippen LogP contribution in [0.2, 0.25) is 0 Å². The smallest absolute Gasteiger partial charge is 0.262 e. The number of pyridine rings is 1. The van der Waals surface area contributed by atoms with Crippen molar-refractivity contribution in [1.29, 1.82) is 0 Å². The Morgan fingerprint density at radius 3 is 2.62 bits per heavy atom. The summed E-state index contributed by atoms with van der Waals surface area (Å²) in [5.41, 5.74) is 0.173. The molecule has 29 heavy (non-hydrogen) atoms. The van der Waals surface area contributed by atoms with Gasteiger partial charge in [0.25, 0.3) is 11.5 Å². The normalized spacial score (nSPS) is 16.8. The van der Waals surface area contributed by atoms with E-state index < -0.39 is 21.4 Å². The van der Waals surface area contributed by atoms with Crippen molar-refractivity contribution >= 4 is 27.4 Å². The molecule has 2 aromatic rings. The number of aromatic nitrogens is 1. The SMILES string of the molecule is O=C1COc2ccc(C(=O)Cn3cc(S(=O)(=O)N4CCCC4)ccc3=O)cc2N1. The number of hydrogen-bond donors (Lipinski definition) is 1. The lowest BCUT2D eigenvalue weighted by Crippen LogP contribution is -2.30. The van der Waals surface area contributed by atoms with Crippen LogP contribution in [0.4, 0.5) is 5.69 Å². The Bertz CT molecular complexity index is 1150. The molecule has 1 aromatic carbocycles. The number of rotatable bonds is 5. The van der Waals surface area contributed by atoms with Crippen molar-refractivity contribution in [3.8, 4) is 5.75 Å². The van der Waals surface area contributed by atoms with Crippen LogP contribution < -0.4 is 15.6 Å². The summed E-state index contributed by atoms with van der Waals surface area (Å²) in [6, 6.07) is 7.00. The molecule has 152 valence electrons. The summed E-state index contributed by atoms with van der Waals surface area (Å²) >= 11 is 0. The van der Waals surface area contributed by atoms with Gasteiger partial charge in [-0.15, -0.1) is 0 Å². The van der Waals surface area contributed by atoms with Gasteiger partial charge in [-0.25, -0.2) is 8.42 Å². The van der Waals surface area contributed by atoms with Crippen LogP contribution in [-0.4, -0.2) is 48.7 Å². The lowest BCUT2D eigenvalue weighted by atomic mass is 10.1. The number of benzene rings is 1. The summed E-state index contributed by atoms with van der Waals surface area (Å²) in [5, 5.41) is 2.62. The minimum absolute atomic E-state index is 0.0158. The third-order valence-corrected chi connectivity index (χ3v) is 6.79. The van der Waals surface area contributed by atoms with E-state index in [0.717, 1.165) is 23.5 Å². The number of carbonyl (C=O) groups is 2. The predicted octanol–water partition coefficient (Wildman–Crippen LogP) is 0.847. The maximum Gasteiger partial charge on any atom is 0.262 e. The third-order valence-electron chi connectivity index (χ3n) is 4.91. The zero-order valence-corrected chi connectivity index (χ0v) is 16.3. The van der Waals surface area contributed by atoms with Crippen molar-refractivity contribution in [2.75, 3.05) is 25.0 Å². The molecule has 2 aliphatic heterocycles. The lowest BCUT2D eigenvalue weighted by molar-refractivity contribution is -0.118. The Hall–Kier alpha value is -2.98. The van der Waals surface area contributed by atoms with Crippen LogP contribution in [0.15, 0.2) is 46.2 Å². The zero-order chi connectivity index (χ0) is 20.6. The second-order valence-electron chi connectivity index (χ2n) is 6.91. The van der Waals surface area contributed by atoms with Crippen LogP contribution in [-0.2, 0) is 21.4 Å². The predicted molar refractivity (Wildman–Crippen MR) is 104 cm³/mol. The lowest BCUT2D eigenvalue weighted by Gasteiger charge is -2.18. The molecule has 1 N–H and O–H groups in total. The molecule has 1 amide bonds. The van der Waals surface area contributed by atoms with Crippen molar-refractivity contribution in [3.05, 3.63) is 52.4 Å². The van der Waals surface area contributed by atoms with Crippen LogP contribution in [0.5, 0.6) is 5.75 Å². The van der Waals surface area contributed by atoms with E-state index in [1.54, 1.807) is 6.07 Å². The average Bonchev–Trinajstić information content (AvgIpc) is 3.24. The Morgan fingerprint density at radius 2 is 1.86 bits per heavy atom.